The average Bonchev–Trinajstić information content (AvgIpc) is 2.41. The number of carbonyl (C=O) groups is 1. The molecule has 0 aliphatic rings. The van der Waals surface area contributed by atoms with Crippen molar-refractivity contribution >= 4 is 50.7 Å². The van der Waals surface area contributed by atoms with E-state index in [4.69, 9.17) is 27.9 Å². The molecule has 0 spiro atoms. The number of hydrogen-bond acceptors (Lipinski definition) is 3. The molecular weight excluding hydrogens is 367 g/mol. The molecule has 0 fully saturated rings. The molecule has 1 N–H and O–H groups in total. The Morgan fingerprint density at radius 1 is 1.35 bits per heavy atom. The second kappa shape index (κ2) is 6.92. The predicted octanol–water partition coefficient (Wildman–Crippen LogP) is 4.17. The molecule has 1 heterocycles. The molecule has 0 saturated carbocycles. The second-order valence-electron chi connectivity index (χ2n) is 3.79. The fourth-order valence-electron chi connectivity index (χ4n) is 1.40. The Bertz CT molecular complexity index is 638. The van der Waals surface area contributed by atoms with Crippen LogP contribution < -0.4 is 10.1 Å². The molecule has 4 nitrogen and oxygen atoms in total. The van der Waals surface area contributed by atoms with E-state index in [1.165, 1.54) is 0 Å². The summed E-state index contributed by atoms with van der Waals surface area (Å²) in [5.41, 5.74) is 0.417. The minimum atomic E-state index is -0.341. The van der Waals surface area contributed by atoms with Gasteiger partial charge in [0.25, 0.3) is 5.91 Å². The van der Waals surface area contributed by atoms with Gasteiger partial charge >= 0.3 is 0 Å². The van der Waals surface area contributed by atoms with Crippen LogP contribution in [0.4, 0.5) is 5.69 Å². The summed E-state index contributed by atoms with van der Waals surface area (Å²) < 4.78 is 6.03. The molecule has 104 valence electrons. The number of rotatable bonds is 4. The lowest BCUT2D eigenvalue weighted by atomic mass is 10.3. The Morgan fingerprint density at radius 3 is 2.90 bits per heavy atom. The number of aromatic nitrogens is 1. The van der Waals surface area contributed by atoms with Crippen molar-refractivity contribution in [1.82, 2.24) is 4.98 Å². The number of ether oxygens (including phenoxy) is 1. The Morgan fingerprint density at radius 2 is 2.15 bits per heavy atom. The van der Waals surface area contributed by atoms with Gasteiger partial charge in [0.05, 0.1) is 5.69 Å². The lowest BCUT2D eigenvalue weighted by Crippen LogP contribution is -2.20. The van der Waals surface area contributed by atoms with E-state index in [0.29, 0.717) is 20.9 Å². The first-order valence-corrected chi connectivity index (χ1v) is 7.09. The van der Waals surface area contributed by atoms with Gasteiger partial charge in [-0.3, -0.25) is 4.79 Å². The minimum absolute atomic E-state index is 0.150. The van der Waals surface area contributed by atoms with Crippen LogP contribution in [0.5, 0.6) is 5.75 Å². The maximum atomic E-state index is 11.8. The summed E-state index contributed by atoms with van der Waals surface area (Å²) in [5.74, 6) is 0.179. The van der Waals surface area contributed by atoms with Crippen LogP contribution in [-0.4, -0.2) is 17.5 Å². The summed E-state index contributed by atoms with van der Waals surface area (Å²) in [4.78, 5) is 15.7. The first-order valence-electron chi connectivity index (χ1n) is 5.54. The van der Waals surface area contributed by atoms with Crippen molar-refractivity contribution in [2.24, 2.45) is 0 Å². The molecule has 0 radical (unpaired) electrons. The lowest BCUT2D eigenvalue weighted by Gasteiger charge is -2.08. The zero-order chi connectivity index (χ0) is 14.5. The minimum Gasteiger partial charge on any atom is -0.484 e. The maximum Gasteiger partial charge on any atom is 0.262 e. The van der Waals surface area contributed by atoms with Crippen molar-refractivity contribution in [2.75, 3.05) is 11.9 Å². The van der Waals surface area contributed by atoms with Gasteiger partial charge in [0.1, 0.15) is 5.75 Å². The van der Waals surface area contributed by atoms with Gasteiger partial charge in [-0.15, -0.1) is 0 Å². The lowest BCUT2D eigenvalue weighted by molar-refractivity contribution is -0.118. The zero-order valence-electron chi connectivity index (χ0n) is 10.1. The van der Waals surface area contributed by atoms with Crippen molar-refractivity contribution in [3.05, 3.63) is 51.2 Å². The van der Waals surface area contributed by atoms with Crippen LogP contribution in [0.2, 0.25) is 10.2 Å². The normalized spacial score (nSPS) is 10.2. The van der Waals surface area contributed by atoms with E-state index in [-0.39, 0.29) is 17.7 Å². The zero-order valence-corrected chi connectivity index (χ0v) is 13.2. The van der Waals surface area contributed by atoms with E-state index in [0.717, 1.165) is 0 Å². The molecular formula is C13H9BrCl2N2O2. The molecule has 0 aliphatic heterocycles. The second-order valence-corrected chi connectivity index (χ2v) is 5.50. The van der Waals surface area contributed by atoms with Gasteiger partial charge in [-0.25, -0.2) is 4.98 Å². The molecule has 0 saturated heterocycles. The molecule has 0 bridgehead atoms. The van der Waals surface area contributed by atoms with Gasteiger partial charge in [0, 0.05) is 15.7 Å². The number of halogens is 3. The fraction of sp³-hybridized carbons (Fsp3) is 0.0769. The van der Waals surface area contributed by atoms with Crippen LogP contribution >= 0.6 is 39.1 Å². The van der Waals surface area contributed by atoms with Crippen LogP contribution in [0.1, 0.15) is 0 Å². The number of nitrogens with zero attached hydrogens (tertiary/aromatic N) is 1. The average molecular weight is 376 g/mol. The number of anilines is 1. The largest absolute Gasteiger partial charge is 0.484 e. The number of pyridine rings is 1. The highest BCUT2D eigenvalue weighted by Gasteiger charge is 2.08. The summed E-state index contributed by atoms with van der Waals surface area (Å²) in [6.07, 6.45) is 1.54. The Hall–Kier alpha value is -1.30. The van der Waals surface area contributed by atoms with Crippen molar-refractivity contribution in [3.63, 3.8) is 0 Å². The smallest absolute Gasteiger partial charge is 0.262 e. The van der Waals surface area contributed by atoms with Crippen LogP contribution in [-0.2, 0) is 4.79 Å². The quantitative estimate of drug-likeness (QED) is 0.816. The van der Waals surface area contributed by atoms with Crippen molar-refractivity contribution in [2.45, 2.75) is 0 Å². The molecule has 0 aliphatic carbocycles. The van der Waals surface area contributed by atoms with E-state index in [1.54, 1.807) is 36.5 Å². The summed E-state index contributed by atoms with van der Waals surface area (Å²) in [6.45, 7) is -0.150. The maximum absolute atomic E-state index is 11.8. The van der Waals surface area contributed by atoms with Crippen LogP contribution in [0, 0.1) is 0 Å². The summed E-state index contributed by atoms with van der Waals surface area (Å²) in [6, 6.07) is 8.47. The molecule has 0 unspecified atom stereocenters. The summed E-state index contributed by atoms with van der Waals surface area (Å²) in [7, 11) is 0. The molecule has 2 rings (SSSR count). The highest BCUT2D eigenvalue weighted by Crippen LogP contribution is 2.23. The molecule has 0 atom stereocenters. The SMILES string of the molecule is O=C(COc1cccc(Cl)c1)Nc1cc(Br)cnc1Cl. The van der Waals surface area contributed by atoms with Crippen molar-refractivity contribution < 1.29 is 9.53 Å². The standard InChI is InChI=1S/C13H9BrCl2N2O2/c14-8-4-11(13(16)17-6-8)18-12(19)7-20-10-3-1-2-9(15)5-10/h1-6H,7H2,(H,18,19). The summed E-state index contributed by atoms with van der Waals surface area (Å²) >= 11 is 14.9. The first kappa shape index (κ1) is 15.1. The third-order valence-electron chi connectivity index (χ3n) is 2.25. The fourth-order valence-corrected chi connectivity index (χ4v) is 2.06. The highest BCUT2D eigenvalue weighted by molar-refractivity contribution is 9.10. The number of hydrogen-bond donors (Lipinski definition) is 1. The van der Waals surface area contributed by atoms with Crippen molar-refractivity contribution in [3.8, 4) is 5.75 Å². The van der Waals surface area contributed by atoms with E-state index < -0.39 is 0 Å². The number of carbonyl (C=O) groups excluding carboxylic acids is 1. The third kappa shape index (κ3) is 4.37. The van der Waals surface area contributed by atoms with Gasteiger partial charge in [0.15, 0.2) is 11.8 Å². The van der Waals surface area contributed by atoms with Crippen molar-refractivity contribution in [1.29, 1.82) is 0 Å². The van der Waals surface area contributed by atoms with E-state index in [1.807, 2.05) is 0 Å². The molecule has 1 aromatic carbocycles. The van der Waals surface area contributed by atoms with Gasteiger partial charge in [0.2, 0.25) is 0 Å². The predicted molar refractivity (Wildman–Crippen MR) is 82.5 cm³/mol. The van der Waals surface area contributed by atoms with Crippen LogP contribution in [0.25, 0.3) is 0 Å². The molecule has 20 heavy (non-hydrogen) atoms. The Kier molecular flexibility index (Phi) is 5.23. The molecule has 7 heteroatoms. The number of amides is 1. The van der Waals surface area contributed by atoms with E-state index >= 15 is 0 Å². The number of benzene rings is 1. The first-order chi connectivity index (χ1) is 9.54. The molecule has 1 amide bonds. The van der Waals surface area contributed by atoms with Crippen LogP contribution in [0.15, 0.2) is 41.0 Å². The van der Waals surface area contributed by atoms with Gasteiger partial charge in [-0.05, 0) is 40.2 Å². The number of nitrogens with one attached hydrogen (secondary N) is 1. The Balaban J connectivity index is 1.94. The molecule has 1 aromatic heterocycles. The monoisotopic (exact) mass is 374 g/mol. The van der Waals surface area contributed by atoms with Crippen LogP contribution in [0.3, 0.4) is 0 Å². The summed E-state index contributed by atoms with van der Waals surface area (Å²) in [5, 5.41) is 3.37. The van der Waals surface area contributed by atoms with Gasteiger partial charge in [-0.1, -0.05) is 29.3 Å². The topological polar surface area (TPSA) is 51.2 Å². The van der Waals surface area contributed by atoms with Gasteiger partial charge < -0.3 is 10.1 Å². The van der Waals surface area contributed by atoms with E-state index in [9.17, 15) is 4.79 Å². The third-order valence-corrected chi connectivity index (χ3v) is 3.22. The molecule has 2 aromatic rings. The Labute approximate surface area is 134 Å². The van der Waals surface area contributed by atoms with Gasteiger partial charge in [-0.2, -0.15) is 0 Å². The highest BCUT2D eigenvalue weighted by atomic mass is 79.9. The van der Waals surface area contributed by atoms with E-state index in [2.05, 4.69) is 26.2 Å².